The minimum Gasteiger partial charge on any atom is -0.321 e. The van der Waals surface area contributed by atoms with Gasteiger partial charge in [0.2, 0.25) is 0 Å². The van der Waals surface area contributed by atoms with E-state index in [0.29, 0.717) is 12.0 Å². The van der Waals surface area contributed by atoms with Gasteiger partial charge >= 0.3 is 0 Å². The van der Waals surface area contributed by atoms with Gasteiger partial charge < -0.3 is 5.32 Å². The van der Waals surface area contributed by atoms with E-state index in [4.69, 9.17) is 5.26 Å². The fraction of sp³-hybridized carbons (Fsp3) is 0.857. The molecule has 2 heteroatoms. The number of nitrogens with one attached hydrogen (secondary N) is 1. The van der Waals surface area contributed by atoms with Gasteiger partial charge in [-0.3, -0.25) is 0 Å². The molecule has 2 nitrogen and oxygen atoms in total. The topological polar surface area (TPSA) is 35.8 Å². The van der Waals surface area contributed by atoms with Crippen molar-refractivity contribution < 1.29 is 0 Å². The molecule has 0 radical (unpaired) electrons. The summed E-state index contributed by atoms with van der Waals surface area (Å²) < 4.78 is 0. The monoisotopic (exact) mass is 126 g/mol. The molecular weight excluding hydrogens is 112 g/mol. The highest BCUT2D eigenvalue weighted by Gasteiger charge is 2.01. The molecule has 0 aromatic carbocycles. The fourth-order valence-electron chi connectivity index (χ4n) is 0.876. The highest BCUT2D eigenvalue weighted by atomic mass is 14.9. The predicted molar refractivity (Wildman–Crippen MR) is 37.7 cm³/mol. The summed E-state index contributed by atoms with van der Waals surface area (Å²) >= 11 is 0. The number of nitrogens with zero attached hydrogens (tertiary/aromatic N) is 1. The normalized spacial score (nSPS) is 12.8. The quantitative estimate of drug-likeness (QED) is 0.459. The molecule has 52 valence electrons. The number of nitriles is 1. The van der Waals surface area contributed by atoms with Gasteiger partial charge in [-0.1, -0.05) is 13.8 Å². The minimum atomic E-state index is 0.329. The van der Waals surface area contributed by atoms with Gasteiger partial charge in [-0.15, -0.1) is 0 Å². The Hall–Kier alpha value is -0.710. The van der Waals surface area contributed by atoms with Gasteiger partial charge in [0.05, 0.1) is 0 Å². The maximum absolute atomic E-state index is 8.19. The Labute approximate surface area is 56.9 Å². The van der Waals surface area contributed by atoms with Crippen molar-refractivity contribution in [3.8, 4) is 6.19 Å². The molecule has 0 amide bonds. The Kier molecular flexibility index (Phi) is 3.87. The van der Waals surface area contributed by atoms with Crippen molar-refractivity contribution in [2.75, 3.05) is 0 Å². The highest BCUT2D eigenvalue weighted by Crippen LogP contribution is 2.02. The smallest absolute Gasteiger partial charge is 0.176 e. The van der Waals surface area contributed by atoms with Crippen molar-refractivity contribution in [3.63, 3.8) is 0 Å². The van der Waals surface area contributed by atoms with Gasteiger partial charge in [0.25, 0.3) is 0 Å². The van der Waals surface area contributed by atoms with Crippen LogP contribution >= 0.6 is 0 Å². The summed E-state index contributed by atoms with van der Waals surface area (Å²) in [6, 6.07) is 0.329. The molecule has 0 aliphatic carbocycles. The zero-order chi connectivity index (χ0) is 7.28. The number of rotatable bonds is 3. The van der Waals surface area contributed by atoms with Crippen LogP contribution < -0.4 is 5.32 Å². The van der Waals surface area contributed by atoms with Gasteiger partial charge in [-0.25, -0.2) is 0 Å². The standard InChI is InChI=1S/C7H14N2/c1-6(2)4-7(3)9-5-8/h6-7,9H,4H2,1-3H3. The Morgan fingerprint density at radius 2 is 2.00 bits per heavy atom. The average Bonchev–Trinajstić information content (AvgIpc) is 1.63. The summed E-state index contributed by atoms with van der Waals surface area (Å²) in [7, 11) is 0. The van der Waals surface area contributed by atoms with Gasteiger partial charge in [-0.05, 0) is 19.3 Å². The molecule has 0 fully saturated rings. The van der Waals surface area contributed by atoms with Crippen LogP contribution in [0.5, 0.6) is 0 Å². The molecule has 9 heavy (non-hydrogen) atoms. The Balaban J connectivity index is 3.29. The lowest BCUT2D eigenvalue weighted by atomic mass is 10.1. The van der Waals surface area contributed by atoms with Crippen molar-refractivity contribution in [2.24, 2.45) is 5.92 Å². The molecule has 0 aromatic rings. The molecule has 0 aliphatic rings. The second kappa shape index (κ2) is 4.20. The summed E-state index contributed by atoms with van der Waals surface area (Å²) in [4.78, 5) is 0. The first kappa shape index (κ1) is 8.29. The third kappa shape index (κ3) is 5.16. The molecule has 1 atom stereocenters. The van der Waals surface area contributed by atoms with E-state index in [0.717, 1.165) is 6.42 Å². The van der Waals surface area contributed by atoms with E-state index in [2.05, 4.69) is 19.2 Å². The average molecular weight is 126 g/mol. The minimum absolute atomic E-state index is 0.329. The third-order valence-electron chi connectivity index (χ3n) is 1.14. The molecule has 1 N–H and O–H groups in total. The van der Waals surface area contributed by atoms with E-state index >= 15 is 0 Å². The van der Waals surface area contributed by atoms with E-state index in [-0.39, 0.29) is 0 Å². The summed E-state index contributed by atoms with van der Waals surface area (Å²) in [5, 5.41) is 10.9. The van der Waals surface area contributed by atoms with Crippen LogP contribution in [-0.2, 0) is 0 Å². The van der Waals surface area contributed by atoms with E-state index in [1.54, 1.807) is 0 Å². The van der Waals surface area contributed by atoms with Crippen molar-refractivity contribution in [3.05, 3.63) is 0 Å². The Bertz CT molecular complexity index is 102. The first-order valence-corrected chi connectivity index (χ1v) is 3.31. The van der Waals surface area contributed by atoms with Crippen LogP contribution in [0.3, 0.4) is 0 Å². The first-order valence-electron chi connectivity index (χ1n) is 3.31. The highest BCUT2D eigenvalue weighted by molar-refractivity contribution is 4.72. The van der Waals surface area contributed by atoms with Crippen LogP contribution in [0.25, 0.3) is 0 Å². The van der Waals surface area contributed by atoms with Crippen LogP contribution in [0.1, 0.15) is 27.2 Å². The molecule has 0 aliphatic heterocycles. The van der Waals surface area contributed by atoms with Crippen molar-refractivity contribution in [1.82, 2.24) is 5.32 Å². The van der Waals surface area contributed by atoms with Crippen LogP contribution in [0.4, 0.5) is 0 Å². The van der Waals surface area contributed by atoms with E-state index in [1.165, 1.54) is 0 Å². The van der Waals surface area contributed by atoms with Crippen molar-refractivity contribution >= 4 is 0 Å². The molecule has 1 unspecified atom stereocenters. The van der Waals surface area contributed by atoms with Gasteiger partial charge in [0.15, 0.2) is 6.19 Å². The maximum Gasteiger partial charge on any atom is 0.176 e. The van der Waals surface area contributed by atoms with Crippen molar-refractivity contribution in [1.29, 1.82) is 5.26 Å². The number of hydrogen-bond acceptors (Lipinski definition) is 2. The fourth-order valence-corrected chi connectivity index (χ4v) is 0.876. The molecular formula is C7H14N2. The van der Waals surface area contributed by atoms with Gasteiger partial charge in [0, 0.05) is 6.04 Å². The summed E-state index contributed by atoms with van der Waals surface area (Å²) in [6.07, 6.45) is 2.99. The predicted octanol–water partition coefficient (Wildman–Crippen LogP) is 1.49. The molecule has 0 saturated heterocycles. The lowest BCUT2D eigenvalue weighted by Crippen LogP contribution is -2.22. The van der Waals surface area contributed by atoms with Crippen molar-refractivity contribution in [2.45, 2.75) is 33.2 Å². The maximum atomic E-state index is 8.19. The molecule has 0 spiro atoms. The van der Waals surface area contributed by atoms with Crippen LogP contribution in [0, 0.1) is 17.4 Å². The van der Waals surface area contributed by atoms with E-state index in [1.807, 2.05) is 13.1 Å². The van der Waals surface area contributed by atoms with Gasteiger partial charge in [0.1, 0.15) is 0 Å². The Morgan fingerprint density at radius 3 is 2.33 bits per heavy atom. The third-order valence-corrected chi connectivity index (χ3v) is 1.14. The molecule has 0 bridgehead atoms. The lowest BCUT2D eigenvalue weighted by Gasteiger charge is -2.10. The lowest BCUT2D eigenvalue weighted by molar-refractivity contribution is 0.485. The zero-order valence-corrected chi connectivity index (χ0v) is 6.31. The largest absolute Gasteiger partial charge is 0.321 e. The van der Waals surface area contributed by atoms with Gasteiger partial charge in [-0.2, -0.15) is 5.26 Å². The summed E-state index contributed by atoms with van der Waals surface area (Å²) in [6.45, 7) is 6.31. The molecule has 0 rings (SSSR count). The molecule has 0 saturated carbocycles. The summed E-state index contributed by atoms with van der Waals surface area (Å²) in [5.74, 6) is 0.667. The zero-order valence-electron chi connectivity index (χ0n) is 6.31. The van der Waals surface area contributed by atoms with E-state index < -0.39 is 0 Å². The van der Waals surface area contributed by atoms with E-state index in [9.17, 15) is 0 Å². The second-order valence-electron chi connectivity index (χ2n) is 2.79. The first-order chi connectivity index (χ1) is 4.16. The summed E-state index contributed by atoms with van der Waals surface area (Å²) in [5.41, 5.74) is 0. The van der Waals surface area contributed by atoms with Crippen LogP contribution in [0.2, 0.25) is 0 Å². The molecule has 0 heterocycles. The van der Waals surface area contributed by atoms with Crippen LogP contribution in [0.15, 0.2) is 0 Å². The SMILES string of the molecule is CC(C)CC(C)NC#N. The Morgan fingerprint density at radius 1 is 1.44 bits per heavy atom. The van der Waals surface area contributed by atoms with Crippen LogP contribution in [-0.4, -0.2) is 6.04 Å². The number of hydrogen-bond donors (Lipinski definition) is 1. The molecule has 0 aromatic heterocycles. The second-order valence-corrected chi connectivity index (χ2v) is 2.79.